The lowest BCUT2D eigenvalue weighted by Gasteiger charge is -2.17. The van der Waals surface area contributed by atoms with Crippen molar-refractivity contribution in [1.29, 1.82) is 5.26 Å². The fourth-order valence-corrected chi connectivity index (χ4v) is 2.65. The van der Waals surface area contributed by atoms with Crippen molar-refractivity contribution in [3.05, 3.63) is 34.3 Å². The van der Waals surface area contributed by atoms with Crippen LogP contribution in [0.15, 0.2) is 28.7 Å². The van der Waals surface area contributed by atoms with Crippen molar-refractivity contribution < 1.29 is 0 Å². The first-order valence-corrected chi connectivity index (χ1v) is 5.97. The SMILES string of the molecule is N#CC(c1ccccc1Br)C1CCNC1. The van der Waals surface area contributed by atoms with Gasteiger partial charge in [0.2, 0.25) is 0 Å². The topological polar surface area (TPSA) is 35.8 Å². The van der Waals surface area contributed by atoms with Gasteiger partial charge in [-0.25, -0.2) is 0 Å². The highest BCUT2D eigenvalue weighted by atomic mass is 79.9. The zero-order valence-corrected chi connectivity index (χ0v) is 10.00. The van der Waals surface area contributed by atoms with Crippen LogP contribution in [-0.2, 0) is 0 Å². The molecule has 1 aromatic carbocycles. The van der Waals surface area contributed by atoms with Crippen LogP contribution >= 0.6 is 15.9 Å². The fourth-order valence-electron chi connectivity index (χ4n) is 2.12. The summed E-state index contributed by atoms with van der Waals surface area (Å²) < 4.78 is 1.04. The van der Waals surface area contributed by atoms with Crippen molar-refractivity contribution in [2.24, 2.45) is 5.92 Å². The number of hydrogen-bond donors (Lipinski definition) is 1. The van der Waals surface area contributed by atoms with Crippen LogP contribution in [0.4, 0.5) is 0 Å². The molecule has 3 heteroatoms. The van der Waals surface area contributed by atoms with Crippen molar-refractivity contribution in [2.75, 3.05) is 13.1 Å². The van der Waals surface area contributed by atoms with E-state index in [1.807, 2.05) is 24.3 Å². The van der Waals surface area contributed by atoms with Gasteiger partial charge in [-0.2, -0.15) is 5.26 Å². The molecule has 1 heterocycles. The van der Waals surface area contributed by atoms with Crippen LogP contribution in [0.25, 0.3) is 0 Å². The summed E-state index contributed by atoms with van der Waals surface area (Å²) in [6.07, 6.45) is 1.10. The second kappa shape index (κ2) is 4.78. The number of hydrogen-bond acceptors (Lipinski definition) is 2. The Labute approximate surface area is 98.4 Å². The Morgan fingerprint density at radius 2 is 2.27 bits per heavy atom. The smallest absolute Gasteiger partial charge is 0.0764 e. The first-order valence-electron chi connectivity index (χ1n) is 5.17. The largest absolute Gasteiger partial charge is 0.316 e. The van der Waals surface area contributed by atoms with Gasteiger partial charge in [0, 0.05) is 4.47 Å². The quantitative estimate of drug-likeness (QED) is 0.892. The molecule has 0 amide bonds. The molecule has 1 N–H and O–H groups in total. The predicted molar refractivity (Wildman–Crippen MR) is 63.5 cm³/mol. The summed E-state index contributed by atoms with van der Waals surface area (Å²) in [6, 6.07) is 10.4. The van der Waals surface area contributed by atoms with E-state index in [9.17, 15) is 5.26 Å². The third-order valence-corrected chi connectivity index (χ3v) is 3.67. The third-order valence-electron chi connectivity index (χ3n) is 2.95. The molecule has 0 aliphatic carbocycles. The van der Waals surface area contributed by atoms with Crippen molar-refractivity contribution >= 4 is 15.9 Å². The number of nitrogens with one attached hydrogen (secondary N) is 1. The molecule has 1 fully saturated rings. The second-order valence-corrected chi connectivity index (χ2v) is 4.74. The molecule has 0 radical (unpaired) electrons. The van der Waals surface area contributed by atoms with Crippen molar-refractivity contribution in [1.82, 2.24) is 5.32 Å². The first-order chi connectivity index (χ1) is 7.33. The van der Waals surface area contributed by atoms with E-state index in [4.69, 9.17) is 0 Å². The lowest BCUT2D eigenvalue weighted by atomic mass is 9.87. The lowest BCUT2D eigenvalue weighted by Crippen LogP contribution is -2.15. The Bertz CT molecular complexity index is 377. The van der Waals surface area contributed by atoms with Crippen LogP contribution in [0.2, 0.25) is 0 Å². The Balaban J connectivity index is 2.27. The van der Waals surface area contributed by atoms with Gasteiger partial charge in [-0.3, -0.25) is 0 Å². The normalized spacial score (nSPS) is 22.3. The van der Waals surface area contributed by atoms with E-state index in [1.54, 1.807) is 0 Å². The molecule has 1 aromatic rings. The van der Waals surface area contributed by atoms with Crippen LogP contribution in [-0.4, -0.2) is 13.1 Å². The number of rotatable bonds is 2. The fraction of sp³-hybridized carbons (Fsp3) is 0.417. The summed E-state index contributed by atoms with van der Waals surface area (Å²) in [5, 5.41) is 12.6. The maximum absolute atomic E-state index is 9.27. The molecule has 1 aliphatic heterocycles. The molecule has 78 valence electrons. The molecule has 2 rings (SSSR count). The predicted octanol–water partition coefficient (Wildman–Crippen LogP) is 2.67. The summed E-state index contributed by atoms with van der Waals surface area (Å²) in [4.78, 5) is 0. The molecule has 2 unspecified atom stereocenters. The summed E-state index contributed by atoms with van der Waals surface area (Å²) in [6.45, 7) is 1.99. The lowest BCUT2D eigenvalue weighted by molar-refractivity contribution is 0.530. The summed E-state index contributed by atoms with van der Waals surface area (Å²) in [5.41, 5.74) is 1.12. The average molecular weight is 265 g/mol. The van der Waals surface area contributed by atoms with Crippen LogP contribution in [0, 0.1) is 17.2 Å². The molecule has 2 atom stereocenters. The molecule has 0 saturated carbocycles. The Hall–Kier alpha value is -0.850. The van der Waals surface area contributed by atoms with Crippen LogP contribution in [0.1, 0.15) is 17.9 Å². The minimum Gasteiger partial charge on any atom is -0.316 e. The van der Waals surface area contributed by atoms with Crippen molar-refractivity contribution in [3.63, 3.8) is 0 Å². The highest BCUT2D eigenvalue weighted by molar-refractivity contribution is 9.10. The van der Waals surface area contributed by atoms with E-state index in [1.165, 1.54) is 0 Å². The molecular weight excluding hydrogens is 252 g/mol. The van der Waals surface area contributed by atoms with E-state index in [0.717, 1.165) is 29.5 Å². The summed E-state index contributed by atoms with van der Waals surface area (Å²) >= 11 is 3.51. The number of nitriles is 1. The van der Waals surface area contributed by atoms with Crippen LogP contribution in [0.3, 0.4) is 0 Å². The van der Waals surface area contributed by atoms with Gasteiger partial charge in [0.05, 0.1) is 12.0 Å². The minimum absolute atomic E-state index is 0.00979. The molecule has 1 aliphatic rings. The Morgan fingerprint density at radius 3 is 2.87 bits per heavy atom. The molecule has 2 nitrogen and oxygen atoms in total. The molecule has 15 heavy (non-hydrogen) atoms. The number of nitrogens with zero attached hydrogens (tertiary/aromatic N) is 1. The van der Waals surface area contributed by atoms with E-state index >= 15 is 0 Å². The minimum atomic E-state index is 0.00979. The molecule has 1 saturated heterocycles. The van der Waals surface area contributed by atoms with Gasteiger partial charge in [0.15, 0.2) is 0 Å². The zero-order valence-electron chi connectivity index (χ0n) is 8.41. The highest BCUT2D eigenvalue weighted by Gasteiger charge is 2.27. The maximum Gasteiger partial charge on any atom is 0.0764 e. The van der Waals surface area contributed by atoms with Gasteiger partial charge in [-0.1, -0.05) is 34.1 Å². The van der Waals surface area contributed by atoms with Gasteiger partial charge in [0.1, 0.15) is 0 Å². The van der Waals surface area contributed by atoms with Crippen LogP contribution < -0.4 is 5.32 Å². The third kappa shape index (κ3) is 2.22. The van der Waals surface area contributed by atoms with Gasteiger partial charge in [-0.05, 0) is 37.1 Å². The maximum atomic E-state index is 9.27. The molecule has 0 spiro atoms. The number of halogens is 1. The van der Waals surface area contributed by atoms with Crippen molar-refractivity contribution in [3.8, 4) is 6.07 Å². The first kappa shape index (κ1) is 10.7. The zero-order chi connectivity index (χ0) is 10.7. The summed E-state index contributed by atoms with van der Waals surface area (Å²) in [5.74, 6) is 0.462. The van der Waals surface area contributed by atoms with Crippen molar-refractivity contribution in [2.45, 2.75) is 12.3 Å². The second-order valence-electron chi connectivity index (χ2n) is 3.88. The van der Waals surface area contributed by atoms with E-state index in [-0.39, 0.29) is 5.92 Å². The van der Waals surface area contributed by atoms with Gasteiger partial charge in [0.25, 0.3) is 0 Å². The Morgan fingerprint density at radius 1 is 1.47 bits per heavy atom. The van der Waals surface area contributed by atoms with Crippen LogP contribution in [0.5, 0.6) is 0 Å². The average Bonchev–Trinajstić information content (AvgIpc) is 2.75. The van der Waals surface area contributed by atoms with E-state index < -0.39 is 0 Å². The monoisotopic (exact) mass is 264 g/mol. The highest BCUT2D eigenvalue weighted by Crippen LogP contribution is 2.32. The molecular formula is C12H13BrN2. The van der Waals surface area contributed by atoms with Gasteiger partial charge in [-0.15, -0.1) is 0 Å². The van der Waals surface area contributed by atoms with Gasteiger partial charge < -0.3 is 5.32 Å². The van der Waals surface area contributed by atoms with Gasteiger partial charge >= 0.3 is 0 Å². The van der Waals surface area contributed by atoms with E-state index in [0.29, 0.717) is 5.92 Å². The summed E-state index contributed by atoms with van der Waals surface area (Å²) in [7, 11) is 0. The molecule has 0 bridgehead atoms. The Kier molecular flexibility index (Phi) is 3.40. The van der Waals surface area contributed by atoms with E-state index in [2.05, 4.69) is 27.3 Å². The number of benzene rings is 1. The standard InChI is InChI=1S/C12H13BrN2/c13-12-4-2-1-3-10(12)11(7-14)9-5-6-15-8-9/h1-4,9,11,15H,5-6,8H2. The molecule has 0 aromatic heterocycles.